The number of nitrogens with zero attached hydrogens (tertiary/aromatic N) is 1. The Morgan fingerprint density at radius 1 is 1.44 bits per heavy atom. The van der Waals surface area contributed by atoms with Gasteiger partial charge in [-0.25, -0.2) is 0 Å². The Hall–Kier alpha value is -0.510. The standard InChI is InChI=1S/C12H16ClNOS/c1-14(7-8-16-2)9-12(15)10-5-3-4-6-11(10)13/h3-6H,7-9H2,1-2H3. The van der Waals surface area contributed by atoms with Crippen LogP contribution < -0.4 is 0 Å². The number of ketones is 1. The van der Waals surface area contributed by atoms with Crippen LogP contribution in [0.3, 0.4) is 0 Å². The third-order valence-corrected chi connectivity index (χ3v) is 3.19. The highest BCUT2D eigenvalue weighted by Crippen LogP contribution is 2.15. The van der Waals surface area contributed by atoms with Crippen molar-refractivity contribution in [3.05, 3.63) is 34.9 Å². The molecule has 0 atom stereocenters. The highest BCUT2D eigenvalue weighted by atomic mass is 35.5. The van der Waals surface area contributed by atoms with Gasteiger partial charge in [-0.15, -0.1) is 0 Å². The van der Waals surface area contributed by atoms with Crippen LogP contribution in [0.25, 0.3) is 0 Å². The first-order valence-electron chi connectivity index (χ1n) is 5.10. The molecule has 0 aliphatic carbocycles. The fourth-order valence-electron chi connectivity index (χ4n) is 1.34. The molecule has 0 N–H and O–H groups in total. The van der Waals surface area contributed by atoms with Crippen molar-refractivity contribution in [2.24, 2.45) is 0 Å². The topological polar surface area (TPSA) is 20.3 Å². The summed E-state index contributed by atoms with van der Waals surface area (Å²) in [6.07, 6.45) is 2.06. The fraction of sp³-hybridized carbons (Fsp3) is 0.417. The average molecular weight is 258 g/mol. The molecule has 0 bridgehead atoms. The van der Waals surface area contributed by atoms with Crippen molar-refractivity contribution in [3.8, 4) is 0 Å². The van der Waals surface area contributed by atoms with Crippen LogP contribution in [-0.2, 0) is 0 Å². The molecule has 0 amide bonds. The minimum absolute atomic E-state index is 0.0780. The van der Waals surface area contributed by atoms with Crippen molar-refractivity contribution < 1.29 is 4.79 Å². The van der Waals surface area contributed by atoms with Gasteiger partial charge < -0.3 is 0 Å². The van der Waals surface area contributed by atoms with Gasteiger partial charge in [0.2, 0.25) is 0 Å². The summed E-state index contributed by atoms with van der Waals surface area (Å²) in [6.45, 7) is 1.33. The maximum atomic E-state index is 11.9. The van der Waals surface area contributed by atoms with Gasteiger partial charge in [-0.2, -0.15) is 11.8 Å². The monoisotopic (exact) mass is 257 g/mol. The van der Waals surface area contributed by atoms with E-state index in [1.54, 1.807) is 23.9 Å². The predicted octanol–water partition coefficient (Wildman–Crippen LogP) is 2.82. The van der Waals surface area contributed by atoms with Crippen molar-refractivity contribution in [1.29, 1.82) is 0 Å². The van der Waals surface area contributed by atoms with Crippen LogP contribution >= 0.6 is 23.4 Å². The fourth-order valence-corrected chi connectivity index (χ4v) is 2.08. The lowest BCUT2D eigenvalue weighted by molar-refractivity contribution is 0.0949. The van der Waals surface area contributed by atoms with E-state index in [9.17, 15) is 4.79 Å². The summed E-state index contributed by atoms with van der Waals surface area (Å²) in [4.78, 5) is 13.9. The van der Waals surface area contributed by atoms with E-state index in [1.807, 2.05) is 24.1 Å². The van der Waals surface area contributed by atoms with Crippen molar-refractivity contribution >= 4 is 29.1 Å². The lowest BCUT2D eigenvalue weighted by Gasteiger charge is -2.15. The molecule has 1 aromatic carbocycles. The van der Waals surface area contributed by atoms with Crippen LogP contribution in [0.2, 0.25) is 5.02 Å². The number of carbonyl (C=O) groups excluding carboxylic acids is 1. The molecule has 0 saturated heterocycles. The number of thioether (sulfide) groups is 1. The van der Waals surface area contributed by atoms with Crippen LogP contribution in [0.15, 0.2) is 24.3 Å². The second-order valence-corrected chi connectivity index (χ2v) is 5.03. The Morgan fingerprint density at radius 2 is 2.12 bits per heavy atom. The molecule has 16 heavy (non-hydrogen) atoms. The van der Waals surface area contributed by atoms with Crippen LogP contribution in [0.1, 0.15) is 10.4 Å². The molecule has 4 heteroatoms. The van der Waals surface area contributed by atoms with E-state index in [0.29, 0.717) is 17.1 Å². The number of rotatable bonds is 6. The van der Waals surface area contributed by atoms with E-state index in [2.05, 4.69) is 6.26 Å². The van der Waals surface area contributed by atoms with E-state index in [-0.39, 0.29) is 5.78 Å². The molecule has 0 aliphatic rings. The predicted molar refractivity (Wildman–Crippen MR) is 71.7 cm³/mol. The van der Waals surface area contributed by atoms with Crippen molar-refractivity contribution in [1.82, 2.24) is 4.90 Å². The number of halogens is 1. The van der Waals surface area contributed by atoms with Crippen LogP contribution in [0.4, 0.5) is 0 Å². The Kier molecular flexibility index (Phi) is 5.88. The van der Waals surface area contributed by atoms with E-state index < -0.39 is 0 Å². The third-order valence-electron chi connectivity index (χ3n) is 2.26. The van der Waals surface area contributed by atoms with Crippen LogP contribution in [-0.4, -0.2) is 42.8 Å². The normalized spacial score (nSPS) is 10.8. The molecule has 1 aromatic rings. The summed E-state index contributed by atoms with van der Waals surface area (Å²) in [5, 5.41) is 0.533. The number of hydrogen-bond acceptors (Lipinski definition) is 3. The van der Waals surface area contributed by atoms with Gasteiger partial charge in [-0.3, -0.25) is 9.69 Å². The van der Waals surface area contributed by atoms with Crippen molar-refractivity contribution in [3.63, 3.8) is 0 Å². The van der Waals surface area contributed by atoms with Crippen molar-refractivity contribution in [2.75, 3.05) is 32.1 Å². The summed E-state index contributed by atoms with van der Waals surface area (Å²) in [6, 6.07) is 7.18. The molecule has 0 unspecified atom stereocenters. The number of Topliss-reactive ketones (excluding diaryl/α,β-unsaturated/α-hetero) is 1. The molecular formula is C12H16ClNOS. The van der Waals surface area contributed by atoms with E-state index >= 15 is 0 Å². The molecule has 88 valence electrons. The van der Waals surface area contributed by atoms with E-state index in [0.717, 1.165) is 12.3 Å². The summed E-state index contributed by atoms with van der Waals surface area (Å²) in [7, 11) is 1.95. The SMILES string of the molecule is CSCCN(C)CC(=O)c1ccccc1Cl. The molecule has 0 saturated carbocycles. The molecule has 2 nitrogen and oxygen atoms in total. The van der Waals surface area contributed by atoms with Gasteiger partial charge in [-0.05, 0) is 25.4 Å². The first-order valence-corrected chi connectivity index (χ1v) is 6.87. The maximum absolute atomic E-state index is 11.9. The highest BCUT2D eigenvalue weighted by Gasteiger charge is 2.11. The quantitative estimate of drug-likeness (QED) is 0.731. The minimum Gasteiger partial charge on any atom is -0.298 e. The summed E-state index contributed by atoms with van der Waals surface area (Å²) in [5.74, 6) is 1.11. The zero-order valence-electron chi connectivity index (χ0n) is 9.57. The van der Waals surface area contributed by atoms with Gasteiger partial charge in [0, 0.05) is 17.9 Å². The average Bonchev–Trinajstić information content (AvgIpc) is 2.26. The smallest absolute Gasteiger partial charge is 0.178 e. The molecule has 1 rings (SSSR count). The van der Waals surface area contributed by atoms with E-state index in [1.165, 1.54) is 0 Å². The molecular weight excluding hydrogens is 242 g/mol. The van der Waals surface area contributed by atoms with E-state index in [4.69, 9.17) is 11.6 Å². The Balaban J connectivity index is 2.56. The molecule has 0 fully saturated rings. The van der Waals surface area contributed by atoms with Gasteiger partial charge in [-0.1, -0.05) is 23.7 Å². The number of benzene rings is 1. The molecule has 0 aromatic heterocycles. The second-order valence-electron chi connectivity index (χ2n) is 3.63. The summed E-state index contributed by atoms with van der Waals surface area (Å²) < 4.78 is 0. The largest absolute Gasteiger partial charge is 0.298 e. The molecule has 0 heterocycles. The maximum Gasteiger partial charge on any atom is 0.178 e. The Morgan fingerprint density at radius 3 is 2.75 bits per heavy atom. The molecule has 0 spiro atoms. The zero-order valence-corrected chi connectivity index (χ0v) is 11.1. The van der Waals surface area contributed by atoms with Crippen molar-refractivity contribution in [2.45, 2.75) is 0 Å². The second kappa shape index (κ2) is 6.94. The summed E-state index contributed by atoms with van der Waals surface area (Å²) >= 11 is 7.74. The van der Waals surface area contributed by atoms with Crippen LogP contribution in [0.5, 0.6) is 0 Å². The number of carbonyl (C=O) groups is 1. The summed E-state index contributed by atoms with van der Waals surface area (Å²) in [5.41, 5.74) is 0.611. The molecule has 0 radical (unpaired) electrons. The first kappa shape index (κ1) is 13.6. The van der Waals surface area contributed by atoms with Gasteiger partial charge in [0.15, 0.2) is 5.78 Å². The molecule has 0 aliphatic heterocycles. The van der Waals surface area contributed by atoms with Gasteiger partial charge in [0.1, 0.15) is 0 Å². The number of likely N-dealkylation sites (N-methyl/N-ethyl adjacent to an activating group) is 1. The van der Waals surface area contributed by atoms with Gasteiger partial charge in [0.05, 0.1) is 11.6 Å². The third kappa shape index (κ3) is 4.16. The van der Waals surface area contributed by atoms with Gasteiger partial charge in [0.25, 0.3) is 0 Å². The first-order chi connectivity index (χ1) is 7.65. The Labute approximate surface area is 106 Å². The lowest BCUT2D eigenvalue weighted by Crippen LogP contribution is -2.28. The highest BCUT2D eigenvalue weighted by molar-refractivity contribution is 7.98. The lowest BCUT2D eigenvalue weighted by atomic mass is 10.1. The Bertz CT molecular complexity index is 357. The number of hydrogen-bond donors (Lipinski definition) is 0. The van der Waals surface area contributed by atoms with Crippen LogP contribution in [0, 0.1) is 0 Å². The zero-order chi connectivity index (χ0) is 12.0. The van der Waals surface area contributed by atoms with Gasteiger partial charge >= 0.3 is 0 Å². The minimum atomic E-state index is 0.0780.